The summed E-state index contributed by atoms with van der Waals surface area (Å²) >= 11 is 0. The standard InChI is InChI=1S/C24H25N7/c1-17-20-13-19(9-10-23(20)31(28-17)14-18-7-5-4-6-8-18)27-24-21-15-30(29(2)3)12-11-22(21)25-16-26-24/h4-13,16H,14-15H2,1-3H3,(H,25,26,27). The Hall–Kier alpha value is -3.71. The average Bonchev–Trinajstić information content (AvgIpc) is 3.09. The third-order valence-corrected chi connectivity index (χ3v) is 5.59. The molecule has 7 nitrogen and oxygen atoms in total. The molecule has 1 aliphatic rings. The van der Waals surface area contributed by atoms with Gasteiger partial charge in [-0.25, -0.2) is 15.0 Å². The first-order valence-electron chi connectivity index (χ1n) is 10.3. The van der Waals surface area contributed by atoms with E-state index in [9.17, 15) is 0 Å². The maximum Gasteiger partial charge on any atom is 0.139 e. The largest absolute Gasteiger partial charge is 0.340 e. The summed E-state index contributed by atoms with van der Waals surface area (Å²) in [5, 5.41) is 13.6. The van der Waals surface area contributed by atoms with E-state index in [2.05, 4.69) is 74.4 Å². The summed E-state index contributed by atoms with van der Waals surface area (Å²) in [5.74, 6) is 0.829. The van der Waals surface area contributed by atoms with E-state index in [4.69, 9.17) is 5.10 Å². The third kappa shape index (κ3) is 3.75. The van der Waals surface area contributed by atoms with E-state index in [1.807, 2.05) is 37.4 Å². The first-order valence-corrected chi connectivity index (χ1v) is 10.3. The zero-order valence-corrected chi connectivity index (χ0v) is 17.9. The van der Waals surface area contributed by atoms with Crippen LogP contribution in [0.2, 0.25) is 0 Å². The van der Waals surface area contributed by atoms with Gasteiger partial charge in [0.05, 0.1) is 30.0 Å². The van der Waals surface area contributed by atoms with Crippen LogP contribution in [0.3, 0.4) is 0 Å². The van der Waals surface area contributed by atoms with Crippen LogP contribution in [0.4, 0.5) is 11.5 Å². The number of nitrogens with zero attached hydrogens (tertiary/aromatic N) is 6. The van der Waals surface area contributed by atoms with Crippen molar-refractivity contribution >= 4 is 28.5 Å². The monoisotopic (exact) mass is 411 g/mol. The molecule has 0 spiro atoms. The number of fused-ring (bicyclic) bond motifs is 2. The molecule has 0 saturated carbocycles. The van der Waals surface area contributed by atoms with Crippen LogP contribution in [-0.4, -0.2) is 43.9 Å². The van der Waals surface area contributed by atoms with Crippen LogP contribution in [0.25, 0.3) is 17.0 Å². The van der Waals surface area contributed by atoms with Gasteiger partial charge in [0.2, 0.25) is 0 Å². The van der Waals surface area contributed by atoms with E-state index in [-0.39, 0.29) is 0 Å². The lowest BCUT2D eigenvalue weighted by atomic mass is 10.1. The molecule has 0 radical (unpaired) electrons. The van der Waals surface area contributed by atoms with Crippen molar-refractivity contribution in [3.63, 3.8) is 0 Å². The van der Waals surface area contributed by atoms with Crippen molar-refractivity contribution in [2.75, 3.05) is 19.4 Å². The van der Waals surface area contributed by atoms with Crippen molar-refractivity contribution in [3.8, 4) is 0 Å². The Morgan fingerprint density at radius 3 is 2.71 bits per heavy atom. The molecule has 2 aromatic carbocycles. The van der Waals surface area contributed by atoms with E-state index < -0.39 is 0 Å². The molecular formula is C24H25N7. The van der Waals surface area contributed by atoms with Crippen LogP contribution in [0.1, 0.15) is 22.5 Å². The number of hydrazine groups is 1. The quantitative estimate of drug-likeness (QED) is 0.531. The summed E-state index contributed by atoms with van der Waals surface area (Å²) in [5.41, 5.74) is 6.39. The first kappa shape index (κ1) is 19.3. The SMILES string of the molecule is Cc1nn(Cc2ccccc2)c2ccc(Nc3ncnc4c3CN(N(C)C)C=C4)cc12. The molecule has 0 atom stereocenters. The second-order valence-electron chi connectivity index (χ2n) is 7.93. The summed E-state index contributed by atoms with van der Waals surface area (Å²) in [6.07, 6.45) is 5.67. The predicted octanol–water partition coefficient (Wildman–Crippen LogP) is 4.19. The fourth-order valence-electron chi connectivity index (χ4n) is 3.91. The maximum absolute atomic E-state index is 4.77. The van der Waals surface area contributed by atoms with Crippen LogP contribution in [-0.2, 0) is 13.1 Å². The van der Waals surface area contributed by atoms with Crippen LogP contribution in [0, 0.1) is 6.92 Å². The normalized spacial score (nSPS) is 13.1. The first-order chi connectivity index (χ1) is 15.1. The minimum Gasteiger partial charge on any atom is -0.340 e. The van der Waals surface area contributed by atoms with Crippen molar-refractivity contribution in [3.05, 3.63) is 83.6 Å². The van der Waals surface area contributed by atoms with E-state index >= 15 is 0 Å². The van der Waals surface area contributed by atoms with Crippen molar-refractivity contribution in [2.24, 2.45) is 0 Å². The molecule has 156 valence electrons. The predicted molar refractivity (Wildman–Crippen MR) is 124 cm³/mol. The van der Waals surface area contributed by atoms with Crippen LogP contribution in [0.5, 0.6) is 0 Å². The molecule has 0 amide bonds. The number of benzene rings is 2. The van der Waals surface area contributed by atoms with Crippen molar-refractivity contribution in [2.45, 2.75) is 20.0 Å². The number of anilines is 2. The van der Waals surface area contributed by atoms with Crippen molar-refractivity contribution in [1.29, 1.82) is 0 Å². The van der Waals surface area contributed by atoms with Gasteiger partial charge in [-0.15, -0.1) is 0 Å². The van der Waals surface area contributed by atoms with E-state index in [0.29, 0.717) is 0 Å². The lowest BCUT2D eigenvalue weighted by molar-refractivity contribution is 0.0733. The Kier molecular flexibility index (Phi) is 4.88. The van der Waals surface area contributed by atoms with Gasteiger partial charge >= 0.3 is 0 Å². The summed E-state index contributed by atoms with van der Waals surface area (Å²) in [4.78, 5) is 8.95. The number of hydrogen-bond acceptors (Lipinski definition) is 6. The summed E-state index contributed by atoms with van der Waals surface area (Å²) < 4.78 is 2.07. The molecule has 1 aliphatic heterocycles. The lowest BCUT2D eigenvalue weighted by Gasteiger charge is -2.31. The van der Waals surface area contributed by atoms with Gasteiger partial charge in [0.25, 0.3) is 0 Å². The molecule has 0 bridgehead atoms. The highest BCUT2D eigenvalue weighted by atomic mass is 15.6. The molecule has 4 aromatic rings. The highest BCUT2D eigenvalue weighted by molar-refractivity contribution is 5.86. The average molecular weight is 412 g/mol. The Morgan fingerprint density at radius 2 is 1.90 bits per heavy atom. The number of hydrogen-bond donors (Lipinski definition) is 1. The van der Waals surface area contributed by atoms with Gasteiger partial charge in [0.1, 0.15) is 12.1 Å². The molecule has 0 unspecified atom stereocenters. The fraction of sp³-hybridized carbons (Fsp3) is 0.208. The van der Waals surface area contributed by atoms with E-state index in [0.717, 1.165) is 52.4 Å². The second-order valence-corrected chi connectivity index (χ2v) is 7.93. The molecule has 31 heavy (non-hydrogen) atoms. The van der Waals surface area contributed by atoms with Crippen molar-refractivity contribution < 1.29 is 0 Å². The molecule has 2 aromatic heterocycles. The highest BCUT2D eigenvalue weighted by Gasteiger charge is 2.18. The van der Waals surface area contributed by atoms with Gasteiger partial charge in [0.15, 0.2) is 0 Å². The number of rotatable bonds is 5. The van der Waals surface area contributed by atoms with Gasteiger partial charge in [0, 0.05) is 36.9 Å². The summed E-state index contributed by atoms with van der Waals surface area (Å²) in [6, 6.07) is 16.8. The van der Waals surface area contributed by atoms with E-state index in [1.54, 1.807) is 6.33 Å². The molecule has 3 heterocycles. The number of aromatic nitrogens is 4. The van der Waals surface area contributed by atoms with Crippen molar-refractivity contribution in [1.82, 2.24) is 29.8 Å². The zero-order valence-electron chi connectivity index (χ0n) is 17.9. The van der Waals surface area contributed by atoms with Gasteiger partial charge in [-0.1, -0.05) is 30.3 Å². The minimum atomic E-state index is 0.721. The van der Waals surface area contributed by atoms with Gasteiger partial charge < -0.3 is 10.3 Å². The summed E-state index contributed by atoms with van der Waals surface area (Å²) in [6.45, 7) is 3.53. The Bertz CT molecular complexity index is 1260. The Labute approximate surface area is 181 Å². The van der Waals surface area contributed by atoms with Crippen LogP contribution >= 0.6 is 0 Å². The Morgan fingerprint density at radius 1 is 1.06 bits per heavy atom. The lowest BCUT2D eigenvalue weighted by Crippen LogP contribution is -2.33. The number of aryl methyl sites for hydroxylation is 1. The smallest absolute Gasteiger partial charge is 0.139 e. The Balaban J connectivity index is 1.45. The fourth-order valence-corrected chi connectivity index (χ4v) is 3.91. The molecule has 7 heteroatoms. The minimum absolute atomic E-state index is 0.721. The summed E-state index contributed by atoms with van der Waals surface area (Å²) in [7, 11) is 4.05. The topological polar surface area (TPSA) is 62.1 Å². The second kappa shape index (κ2) is 7.85. The van der Waals surface area contributed by atoms with Gasteiger partial charge in [-0.05, 0) is 36.8 Å². The van der Waals surface area contributed by atoms with Crippen LogP contribution in [0.15, 0.2) is 61.1 Å². The highest BCUT2D eigenvalue weighted by Crippen LogP contribution is 2.29. The molecule has 0 saturated heterocycles. The van der Waals surface area contributed by atoms with Gasteiger partial charge in [-0.3, -0.25) is 4.68 Å². The molecule has 0 aliphatic carbocycles. The molecule has 5 rings (SSSR count). The van der Waals surface area contributed by atoms with Crippen LogP contribution < -0.4 is 5.32 Å². The maximum atomic E-state index is 4.77. The van der Waals surface area contributed by atoms with Gasteiger partial charge in [-0.2, -0.15) is 5.10 Å². The molecular weight excluding hydrogens is 386 g/mol. The zero-order chi connectivity index (χ0) is 21.4. The number of nitrogens with one attached hydrogen (secondary N) is 1. The van der Waals surface area contributed by atoms with E-state index in [1.165, 1.54) is 5.56 Å². The molecule has 1 N–H and O–H groups in total. The third-order valence-electron chi connectivity index (χ3n) is 5.59. The molecule has 0 fully saturated rings.